The fourth-order valence-electron chi connectivity index (χ4n) is 3.35. The molecule has 0 heterocycles. The summed E-state index contributed by atoms with van der Waals surface area (Å²) >= 11 is 0. The number of ether oxygens (including phenoxy) is 2. The first-order chi connectivity index (χ1) is 14.5. The summed E-state index contributed by atoms with van der Waals surface area (Å²) in [5.74, 6) is -0.319. The van der Waals surface area contributed by atoms with Crippen molar-refractivity contribution in [1.29, 1.82) is 0 Å². The standard InChI is InChI=1S/C26H26O4/c1-4-12-22-17-19(5-2)18(3)23(29-25(27)20-13-8-6-9-14-20)24(22)30-26(28)21-15-10-7-11-16-21/h6-11,13-17H,4-5,12H2,1-3H3. The van der Waals surface area contributed by atoms with E-state index in [0.717, 1.165) is 29.5 Å². The summed E-state index contributed by atoms with van der Waals surface area (Å²) in [6, 6.07) is 19.7. The van der Waals surface area contributed by atoms with Crippen LogP contribution in [0.15, 0.2) is 66.7 Å². The molecule has 4 nitrogen and oxygen atoms in total. The second-order valence-electron chi connectivity index (χ2n) is 7.09. The zero-order valence-electron chi connectivity index (χ0n) is 17.6. The maximum atomic E-state index is 12.8. The van der Waals surface area contributed by atoms with Gasteiger partial charge in [-0.15, -0.1) is 0 Å². The van der Waals surface area contributed by atoms with E-state index in [1.807, 2.05) is 25.1 Å². The second-order valence-corrected chi connectivity index (χ2v) is 7.09. The number of aryl methyl sites for hydroxylation is 2. The number of esters is 2. The van der Waals surface area contributed by atoms with E-state index in [1.165, 1.54) is 0 Å². The van der Waals surface area contributed by atoms with Crippen molar-refractivity contribution in [1.82, 2.24) is 0 Å². The molecule has 0 atom stereocenters. The van der Waals surface area contributed by atoms with Gasteiger partial charge in [-0.05, 0) is 60.7 Å². The molecule has 0 aliphatic carbocycles. The van der Waals surface area contributed by atoms with Crippen LogP contribution in [0.2, 0.25) is 0 Å². The lowest BCUT2D eigenvalue weighted by atomic mass is 9.98. The minimum atomic E-state index is -0.480. The molecule has 0 aliphatic heterocycles. The predicted octanol–water partition coefficient (Wildman–Crippen LogP) is 5.95. The maximum absolute atomic E-state index is 12.8. The Hall–Kier alpha value is -3.40. The number of rotatable bonds is 7. The fourth-order valence-corrected chi connectivity index (χ4v) is 3.35. The molecule has 0 fully saturated rings. The van der Waals surface area contributed by atoms with Gasteiger partial charge in [0.25, 0.3) is 0 Å². The summed E-state index contributed by atoms with van der Waals surface area (Å²) in [6.45, 7) is 6.00. The monoisotopic (exact) mass is 402 g/mol. The van der Waals surface area contributed by atoms with Crippen molar-refractivity contribution in [2.75, 3.05) is 0 Å². The van der Waals surface area contributed by atoms with E-state index in [2.05, 4.69) is 13.8 Å². The van der Waals surface area contributed by atoms with Crippen LogP contribution >= 0.6 is 0 Å². The van der Waals surface area contributed by atoms with E-state index < -0.39 is 11.9 Å². The molecule has 0 radical (unpaired) electrons. The summed E-state index contributed by atoms with van der Waals surface area (Å²) in [6.07, 6.45) is 2.36. The summed E-state index contributed by atoms with van der Waals surface area (Å²) in [7, 11) is 0. The van der Waals surface area contributed by atoms with Crippen LogP contribution < -0.4 is 9.47 Å². The van der Waals surface area contributed by atoms with Crippen molar-refractivity contribution in [3.63, 3.8) is 0 Å². The zero-order chi connectivity index (χ0) is 21.5. The third kappa shape index (κ3) is 4.77. The number of carbonyl (C=O) groups is 2. The Morgan fingerprint density at radius 1 is 0.733 bits per heavy atom. The van der Waals surface area contributed by atoms with E-state index in [1.54, 1.807) is 48.5 Å². The molecule has 0 N–H and O–H groups in total. The molecular formula is C26H26O4. The van der Waals surface area contributed by atoms with Gasteiger partial charge in [0.1, 0.15) is 0 Å². The Morgan fingerprint density at radius 3 is 1.70 bits per heavy atom. The topological polar surface area (TPSA) is 52.6 Å². The molecule has 0 amide bonds. The first-order valence-electron chi connectivity index (χ1n) is 10.2. The highest BCUT2D eigenvalue weighted by molar-refractivity contribution is 5.93. The van der Waals surface area contributed by atoms with Gasteiger partial charge in [0.05, 0.1) is 11.1 Å². The normalized spacial score (nSPS) is 10.5. The average molecular weight is 402 g/mol. The molecule has 0 saturated carbocycles. The lowest BCUT2D eigenvalue weighted by Crippen LogP contribution is -2.15. The van der Waals surface area contributed by atoms with Crippen molar-refractivity contribution in [2.45, 2.75) is 40.0 Å². The molecule has 3 aromatic carbocycles. The first kappa shape index (κ1) is 21.3. The predicted molar refractivity (Wildman–Crippen MR) is 117 cm³/mol. The minimum Gasteiger partial charge on any atom is -0.419 e. The molecule has 3 aromatic rings. The van der Waals surface area contributed by atoms with E-state index in [-0.39, 0.29) is 0 Å². The summed E-state index contributed by atoms with van der Waals surface area (Å²) < 4.78 is 11.6. The zero-order valence-corrected chi connectivity index (χ0v) is 17.6. The van der Waals surface area contributed by atoms with Crippen molar-refractivity contribution in [3.8, 4) is 11.5 Å². The van der Waals surface area contributed by atoms with Gasteiger partial charge in [-0.1, -0.05) is 62.7 Å². The van der Waals surface area contributed by atoms with E-state index in [9.17, 15) is 9.59 Å². The van der Waals surface area contributed by atoms with Crippen LogP contribution in [-0.2, 0) is 12.8 Å². The highest BCUT2D eigenvalue weighted by Gasteiger charge is 2.23. The molecule has 30 heavy (non-hydrogen) atoms. The van der Waals surface area contributed by atoms with Crippen LogP contribution in [-0.4, -0.2) is 11.9 Å². The molecule has 0 saturated heterocycles. The number of hydrogen-bond donors (Lipinski definition) is 0. The second kappa shape index (κ2) is 9.88. The van der Waals surface area contributed by atoms with Gasteiger partial charge >= 0.3 is 11.9 Å². The SMILES string of the molecule is CCCc1cc(CC)c(C)c(OC(=O)c2ccccc2)c1OC(=O)c1ccccc1. The largest absolute Gasteiger partial charge is 0.419 e. The smallest absolute Gasteiger partial charge is 0.343 e. The van der Waals surface area contributed by atoms with Gasteiger partial charge < -0.3 is 9.47 Å². The van der Waals surface area contributed by atoms with Crippen LogP contribution in [0.25, 0.3) is 0 Å². The maximum Gasteiger partial charge on any atom is 0.343 e. The van der Waals surface area contributed by atoms with Crippen molar-refractivity contribution in [3.05, 3.63) is 94.5 Å². The molecule has 0 bridgehead atoms. The minimum absolute atomic E-state index is 0.316. The quantitative estimate of drug-likeness (QED) is 0.362. The number of carbonyl (C=O) groups excluding carboxylic acids is 2. The van der Waals surface area contributed by atoms with Crippen molar-refractivity contribution < 1.29 is 19.1 Å². The molecular weight excluding hydrogens is 376 g/mol. The molecule has 0 aromatic heterocycles. The third-order valence-corrected chi connectivity index (χ3v) is 4.98. The Kier molecular flexibility index (Phi) is 7.02. The average Bonchev–Trinajstić information content (AvgIpc) is 2.78. The van der Waals surface area contributed by atoms with Crippen molar-refractivity contribution in [2.24, 2.45) is 0 Å². The Bertz CT molecular complexity index is 1020. The highest BCUT2D eigenvalue weighted by atomic mass is 16.6. The van der Waals surface area contributed by atoms with E-state index >= 15 is 0 Å². The highest BCUT2D eigenvalue weighted by Crippen LogP contribution is 2.39. The Balaban J connectivity index is 2.06. The number of hydrogen-bond acceptors (Lipinski definition) is 4. The van der Waals surface area contributed by atoms with Crippen LogP contribution in [0.3, 0.4) is 0 Å². The summed E-state index contributed by atoms with van der Waals surface area (Å²) in [5, 5.41) is 0. The lowest BCUT2D eigenvalue weighted by molar-refractivity contribution is 0.0680. The van der Waals surface area contributed by atoms with Crippen molar-refractivity contribution >= 4 is 11.9 Å². The Labute approximate surface area is 177 Å². The molecule has 0 unspecified atom stereocenters. The van der Waals surface area contributed by atoms with Crippen LogP contribution in [0.5, 0.6) is 11.5 Å². The van der Waals surface area contributed by atoms with Gasteiger partial charge in [0.15, 0.2) is 11.5 Å². The molecule has 0 aliphatic rings. The number of benzene rings is 3. The summed E-state index contributed by atoms with van der Waals surface area (Å²) in [5.41, 5.74) is 3.61. The van der Waals surface area contributed by atoms with Gasteiger partial charge in [0, 0.05) is 0 Å². The molecule has 154 valence electrons. The van der Waals surface area contributed by atoms with E-state index in [0.29, 0.717) is 29.0 Å². The molecule has 3 rings (SSSR count). The Morgan fingerprint density at radius 2 is 1.23 bits per heavy atom. The lowest BCUT2D eigenvalue weighted by Gasteiger charge is -2.19. The van der Waals surface area contributed by atoms with Crippen LogP contribution in [0.4, 0.5) is 0 Å². The van der Waals surface area contributed by atoms with Gasteiger partial charge in [-0.2, -0.15) is 0 Å². The third-order valence-electron chi connectivity index (χ3n) is 4.98. The van der Waals surface area contributed by atoms with Crippen LogP contribution in [0, 0.1) is 6.92 Å². The fraction of sp³-hybridized carbons (Fsp3) is 0.231. The van der Waals surface area contributed by atoms with Gasteiger partial charge in [-0.25, -0.2) is 9.59 Å². The van der Waals surface area contributed by atoms with Crippen LogP contribution in [0.1, 0.15) is 57.7 Å². The molecule has 4 heteroatoms. The van der Waals surface area contributed by atoms with E-state index in [4.69, 9.17) is 9.47 Å². The first-order valence-corrected chi connectivity index (χ1v) is 10.2. The molecule has 0 spiro atoms. The summed E-state index contributed by atoms with van der Waals surface area (Å²) in [4.78, 5) is 25.6. The van der Waals surface area contributed by atoms with Gasteiger partial charge in [-0.3, -0.25) is 0 Å². The van der Waals surface area contributed by atoms with Gasteiger partial charge in [0.2, 0.25) is 0 Å².